The Hall–Kier alpha value is -2.96. The highest BCUT2D eigenvalue weighted by molar-refractivity contribution is 7.15. The molecule has 5 nitrogen and oxygen atoms in total. The Bertz CT molecular complexity index is 1080. The van der Waals surface area contributed by atoms with Crippen LogP contribution in [0.3, 0.4) is 0 Å². The number of rotatable bonds is 4. The molecule has 4 heterocycles. The van der Waals surface area contributed by atoms with Crippen molar-refractivity contribution >= 4 is 11.3 Å². The van der Waals surface area contributed by atoms with Crippen molar-refractivity contribution in [2.75, 3.05) is 6.54 Å². The number of hydrogen-bond donors (Lipinski definition) is 0. The normalized spacial score (nSPS) is 14.0. The largest absolute Gasteiger partial charge is 0.293 e. The Morgan fingerprint density at radius 2 is 1.82 bits per heavy atom. The van der Waals surface area contributed by atoms with Crippen molar-refractivity contribution in [1.29, 1.82) is 0 Å². The summed E-state index contributed by atoms with van der Waals surface area (Å²) in [7, 11) is 0. The zero-order valence-corrected chi connectivity index (χ0v) is 16.1. The smallest absolute Gasteiger partial charge is 0.160 e. The molecule has 6 heteroatoms. The number of hydrogen-bond acceptors (Lipinski definition) is 6. The molecule has 138 valence electrons. The molecule has 0 fully saturated rings. The Morgan fingerprint density at radius 1 is 0.929 bits per heavy atom. The lowest BCUT2D eigenvalue weighted by Gasteiger charge is -2.27. The molecule has 5 rings (SSSR count). The van der Waals surface area contributed by atoms with Gasteiger partial charge in [0.05, 0.1) is 5.69 Å². The van der Waals surface area contributed by atoms with E-state index in [1.807, 2.05) is 36.8 Å². The number of nitrogens with zero attached hydrogens (tertiary/aromatic N) is 5. The summed E-state index contributed by atoms with van der Waals surface area (Å²) in [6.07, 6.45) is 8.49. The maximum absolute atomic E-state index is 4.78. The van der Waals surface area contributed by atoms with Crippen molar-refractivity contribution in [2.45, 2.75) is 19.5 Å². The highest BCUT2D eigenvalue weighted by Gasteiger charge is 2.20. The van der Waals surface area contributed by atoms with E-state index in [0.717, 1.165) is 48.1 Å². The molecule has 0 atom stereocenters. The Morgan fingerprint density at radius 3 is 2.68 bits per heavy atom. The van der Waals surface area contributed by atoms with Gasteiger partial charge in [-0.25, -0.2) is 15.0 Å². The summed E-state index contributed by atoms with van der Waals surface area (Å²) < 4.78 is 0. The van der Waals surface area contributed by atoms with Gasteiger partial charge in [-0.1, -0.05) is 30.3 Å². The molecule has 3 aromatic heterocycles. The van der Waals surface area contributed by atoms with Gasteiger partial charge in [-0.3, -0.25) is 9.88 Å². The summed E-state index contributed by atoms with van der Waals surface area (Å²) in [6.45, 7) is 2.78. The first kappa shape index (κ1) is 17.2. The molecule has 0 aliphatic carbocycles. The fourth-order valence-electron chi connectivity index (χ4n) is 3.46. The zero-order chi connectivity index (χ0) is 18.8. The highest BCUT2D eigenvalue weighted by atomic mass is 32.1. The van der Waals surface area contributed by atoms with Crippen molar-refractivity contribution in [3.63, 3.8) is 0 Å². The van der Waals surface area contributed by atoms with Gasteiger partial charge in [0.25, 0.3) is 0 Å². The molecule has 0 radical (unpaired) electrons. The molecule has 1 aliphatic rings. The highest BCUT2D eigenvalue weighted by Crippen LogP contribution is 2.27. The summed E-state index contributed by atoms with van der Waals surface area (Å²) in [5.41, 5.74) is 4.51. The summed E-state index contributed by atoms with van der Waals surface area (Å²) in [6, 6.07) is 14.3. The Labute approximate surface area is 167 Å². The average molecular weight is 385 g/mol. The first-order valence-corrected chi connectivity index (χ1v) is 10.1. The maximum atomic E-state index is 4.78. The number of aromatic nitrogens is 4. The van der Waals surface area contributed by atoms with Gasteiger partial charge < -0.3 is 0 Å². The third kappa shape index (κ3) is 3.56. The van der Waals surface area contributed by atoms with E-state index in [-0.39, 0.29) is 0 Å². The second-order valence-electron chi connectivity index (χ2n) is 6.87. The molecule has 1 aromatic carbocycles. The summed E-state index contributed by atoms with van der Waals surface area (Å²) in [5, 5.41) is 1.08. The fourth-order valence-corrected chi connectivity index (χ4v) is 4.42. The number of fused-ring (bicyclic) bond motifs is 1. The monoisotopic (exact) mass is 385 g/mol. The third-order valence-electron chi connectivity index (χ3n) is 4.89. The number of pyridine rings is 1. The van der Waals surface area contributed by atoms with Crippen molar-refractivity contribution in [3.8, 4) is 22.0 Å². The van der Waals surface area contributed by atoms with Crippen LogP contribution in [0, 0.1) is 0 Å². The molecular formula is C22H19N5S. The van der Waals surface area contributed by atoms with Crippen LogP contribution in [0.4, 0.5) is 0 Å². The van der Waals surface area contributed by atoms with E-state index in [2.05, 4.69) is 44.1 Å². The molecule has 0 bridgehead atoms. The van der Waals surface area contributed by atoms with Crippen LogP contribution in [0.1, 0.15) is 16.1 Å². The van der Waals surface area contributed by atoms with Crippen LogP contribution in [0.15, 0.2) is 67.3 Å². The lowest BCUT2D eigenvalue weighted by molar-refractivity contribution is 0.245. The van der Waals surface area contributed by atoms with Gasteiger partial charge in [0.1, 0.15) is 5.01 Å². The van der Waals surface area contributed by atoms with Crippen LogP contribution in [0.2, 0.25) is 0 Å². The van der Waals surface area contributed by atoms with Crippen LogP contribution in [-0.4, -0.2) is 31.4 Å². The standard InChI is InChI=1S/C22H19N5S/c1-2-5-16(6-3-1)22-25-13-19(28-22)15-27-10-8-20-18(14-27)12-24-21(26-20)17-7-4-9-23-11-17/h1-7,9,11-13H,8,10,14-15H2. The lowest BCUT2D eigenvalue weighted by Crippen LogP contribution is -2.30. The summed E-state index contributed by atoms with van der Waals surface area (Å²) in [4.78, 5) is 21.8. The van der Waals surface area contributed by atoms with Crippen LogP contribution in [-0.2, 0) is 19.5 Å². The van der Waals surface area contributed by atoms with E-state index in [9.17, 15) is 0 Å². The van der Waals surface area contributed by atoms with Crippen LogP contribution >= 0.6 is 11.3 Å². The van der Waals surface area contributed by atoms with Crippen molar-refractivity contribution in [1.82, 2.24) is 24.8 Å². The second-order valence-corrected chi connectivity index (χ2v) is 7.98. The van der Waals surface area contributed by atoms with E-state index in [4.69, 9.17) is 4.98 Å². The van der Waals surface area contributed by atoms with Gasteiger partial charge in [-0.2, -0.15) is 0 Å². The minimum atomic E-state index is 0.759. The number of thiazole rings is 1. The van der Waals surface area contributed by atoms with Crippen molar-refractivity contribution in [2.24, 2.45) is 0 Å². The molecule has 0 saturated heterocycles. The molecule has 1 aliphatic heterocycles. The summed E-state index contributed by atoms with van der Waals surface area (Å²) >= 11 is 1.77. The zero-order valence-electron chi connectivity index (χ0n) is 15.3. The Kier molecular flexibility index (Phi) is 4.64. The van der Waals surface area contributed by atoms with E-state index in [1.165, 1.54) is 16.0 Å². The predicted molar refractivity (Wildman–Crippen MR) is 111 cm³/mol. The summed E-state index contributed by atoms with van der Waals surface area (Å²) in [5.74, 6) is 0.759. The van der Waals surface area contributed by atoms with E-state index in [0.29, 0.717) is 0 Å². The van der Waals surface area contributed by atoms with Crippen LogP contribution in [0.25, 0.3) is 22.0 Å². The van der Waals surface area contributed by atoms with Gasteiger partial charge in [-0.05, 0) is 12.1 Å². The molecule has 0 spiro atoms. The molecule has 0 unspecified atom stereocenters. The molecule has 0 saturated carbocycles. The molecule has 28 heavy (non-hydrogen) atoms. The minimum absolute atomic E-state index is 0.759. The number of benzene rings is 1. The quantitative estimate of drug-likeness (QED) is 0.526. The van der Waals surface area contributed by atoms with Gasteiger partial charge in [0.2, 0.25) is 0 Å². The van der Waals surface area contributed by atoms with Gasteiger partial charge in [-0.15, -0.1) is 11.3 Å². The van der Waals surface area contributed by atoms with Crippen LogP contribution < -0.4 is 0 Å². The van der Waals surface area contributed by atoms with E-state index in [1.54, 1.807) is 17.5 Å². The third-order valence-corrected chi connectivity index (χ3v) is 5.92. The predicted octanol–water partition coefficient (Wildman–Crippen LogP) is 4.22. The second kappa shape index (κ2) is 7.58. The molecule has 0 N–H and O–H groups in total. The molecular weight excluding hydrogens is 366 g/mol. The van der Waals surface area contributed by atoms with Crippen molar-refractivity contribution < 1.29 is 0 Å². The van der Waals surface area contributed by atoms with Gasteiger partial charge in [0, 0.05) is 72.4 Å². The lowest BCUT2D eigenvalue weighted by atomic mass is 10.1. The van der Waals surface area contributed by atoms with Crippen LogP contribution in [0.5, 0.6) is 0 Å². The first-order chi connectivity index (χ1) is 13.8. The fraction of sp³-hybridized carbons (Fsp3) is 0.182. The Balaban J connectivity index is 1.30. The first-order valence-electron chi connectivity index (χ1n) is 9.33. The van der Waals surface area contributed by atoms with E-state index < -0.39 is 0 Å². The average Bonchev–Trinajstić information content (AvgIpc) is 3.23. The minimum Gasteiger partial charge on any atom is -0.293 e. The van der Waals surface area contributed by atoms with E-state index >= 15 is 0 Å². The molecule has 0 amide bonds. The maximum Gasteiger partial charge on any atom is 0.160 e. The van der Waals surface area contributed by atoms with Crippen molar-refractivity contribution in [3.05, 3.63) is 83.4 Å². The van der Waals surface area contributed by atoms with Gasteiger partial charge in [0.15, 0.2) is 5.82 Å². The topological polar surface area (TPSA) is 54.8 Å². The van der Waals surface area contributed by atoms with Gasteiger partial charge >= 0.3 is 0 Å². The SMILES string of the molecule is c1ccc(-c2ncc(CN3CCc4nc(-c5cccnc5)ncc4C3)s2)cc1. The molecule has 4 aromatic rings.